The monoisotopic (exact) mass is 382 g/mol. The van der Waals surface area contributed by atoms with Crippen molar-refractivity contribution in [2.75, 3.05) is 13.7 Å². The quantitative estimate of drug-likeness (QED) is 0.643. The number of hydrogen-bond donors (Lipinski definition) is 1. The molecule has 1 saturated heterocycles. The number of likely N-dealkylation sites (N-methyl/N-ethyl adjacent to an activating group) is 1. The predicted octanol–water partition coefficient (Wildman–Crippen LogP) is 3.80. The van der Waals surface area contributed by atoms with Gasteiger partial charge in [0, 0.05) is 12.6 Å². The third kappa shape index (κ3) is 4.20. The van der Waals surface area contributed by atoms with Gasteiger partial charge in [0.15, 0.2) is 5.17 Å². The first-order valence-corrected chi connectivity index (χ1v) is 9.12. The fraction of sp³-hybridized carbons (Fsp3) is 0.150. The summed E-state index contributed by atoms with van der Waals surface area (Å²) < 4.78 is 4.95. The number of thioether (sulfide) groups is 1. The van der Waals surface area contributed by atoms with Gasteiger partial charge >= 0.3 is 5.97 Å². The molecule has 0 aliphatic carbocycles. The maximum absolute atomic E-state index is 12.5. The summed E-state index contributed by atoms with van der Waals surface area (Å²) in [5.41, 5.74) is 1.64. The van der Waals surface area contributed by atoms with Crippen molar-refractivity contribution in [2.45, 2.75) is 6.92 Å². The third-order valence-electron chi connectivity index (χ3n) is 3.83. The number of amidine groups is 1. The number of esters is 1. The number of rotatable bonds is 4. The van der Waals surface area contributed by atoms with E-state index in [-0.39, 0.29) is 17.6 Å². The molecule has 0 saturated carbocycles. The van der Waals surface area contributed by atoms with Gasteiger partial charge in [-0.15, -0.1) is 0 Å². The first-order valence-electron chi connectivity index (χ1n) is 8.31. The summed E-state index contributed by atoms with van der Waals surface area (Å²) in [7, 11) is 1.65. The smallest absolute Gasteiger partial charge is 0.338 e. The summed E-state index contributed by atoms with van der Waals surface area (Å²) in [6.07, 6.45) is 1.64. The Kier molecular flexibility index (Phi) is 5.61. The molecule has 1 N–H and O–H groups in total. The van der Waals surface area contributed by atoms with E-state index in [4.69, 9.17) is 4.74 Å². The van der Waals surface area contributed by atoms with Crippen molar-refractivity contribution in [1.82, 2.24) is 4.90 Å². The number of ether oxygens (including phenoxy) is 1. The van der Waals surface area contributed by atoms with E-state index in [1.165, 1.54) is 16.7 Å². The molecule has 3 rings (SSSR count). The van der Waals surface area contributed by atoms with Gasteiger partial charge in [0.1, 0.15) is 5.75 Å². The highest BCUT2D eigenvalue weighted by molar-refractivity contribution is 8.18. The summed E-state index contributed by atoms with van der Waals surface area (Å²) in [6, 6.07) is 13.5. The van der Waals surface area contributed by atoms with E-state index in [1.54, 1.807) is 68.6 Å². The summed E-state index contributed by atoms with van der Waals surface area (Å²) in [5.74, 6) is -0.460. The van der Waals surface area contributed by atoms with Crippen LogP contribution in [0.25, 0.3) is 6.08 Å². The Bertz CT molecular complexity index is 935. The van der Waals surface area contributed by atoms with Crippen LogP contribution in [0.3, 0.4) is 0 Å². The highest BCUT2D eigenvalue weighted by atomic mass is 32.2. The van der Waals surface area contributed by atoms with Crippen LogP contribution in [0.15, 0.2) is 58.4 Å². The van der Waals surface area contributed by atoms with E-state index in [1.807, 2.05) is 0 Å². The van der Waals surface area contributed by atoms with Gasteiger partial charge in [-0.1, -0.05) is 18.2 Å². The van der Waals surface area contributed by atoms with Crippen LogP contribution in [0.1, 0.15) is 22.8 Å². The highest BCUT2D eigenvalue weighted by Gasteiger charge is 2.30. The van der Waals surface area contributed by atoms with Gasteiger partial charge in [-0.25, -0.2) is 9.79 Å². The second kappa shape index (κ2) is 8.09. The normalized spacial score (nSPS) is 17.0. The number of aromatic hydroxyl groups is 1. The Morgan fingerprint density at radius 2 is 1.93 bits per heavy atom. The summed E-state index contributed by atoms with van der Waals surface area (Å²) >= 11 is 1.23. The number of hydrogen-bond acceptors (Lipinski definition) is 6. The number of amides is 1. The van der Waals surface area contributed by atoms with Crippen molar-refractivity contribution in [1.29, 1.82) is 0 Å². The number of aliphatic imine (C=N–C) groups is 1. The molecule has 1 aliphatic heterocycles. The lowest BCUT2D eigenvalue weighted by molar-refractivity contribution is -0.121. The molecule has 0 aromatic heterocycles. The van der Waals surface area contributed by atoms with E-state index in [2.05, 4.69) is 4.99 Å². The van der Waals surface area contributed by atoms with Crippen LogP contribution in [0.4, 0.5) is 5.69 Å². The molecule has 1 amide bonds. The number of nitrogens with zero attached hydrogens (tertiary/aromatic N) is 2. The van der Waals surface area contributed by atoms with Crippen LogP contribution in [-0.4, -0.2) is 40.7 Å². The molecule has 0 atom stereocenters. The summed E-state index contributed by atoms with van der Waals surface area (Å²) in [4.78, 5) is 30.6. The molecule has 6 nitrogen and oxygen atoms in total. The number of phenolic OH excluding ortho intramolecular Hbond substituents is 1. The third-order valence-corrected chi connectivity index (χ3v) is 4.89. The zero-order chi connectivity index (χ0) is 19.4. The van der Waals surface area contributed by atoms with Crippen LogP contribution in [0.5, 0.6) is 5.75 Å². The topological polar surface area (TPSA) is 79.2 Å². The van der Waals surface area contributed by atoms with Gasteiger partial charge in [-0.3, -0.25) is 9.69 Å². The maximum Gasteiger partial charge on any atom is 0.338 e. The fourth-order valence-corrected chi connectivity index (χ4v) is 3.38. The van der Waals surface area contributed by atoms with Crippen molar-refractivity contribution >= 4 is 40.6 Å². The van der Waals surface area contributed by atoms with E-state index < -0.39 is 0 Å². The van der Waals surface area contributed by atoms with E-state index in [0.717, 1.165) is 0 Å². The minimum Gasteiger partial charge on any atom is -0.507 e. The molecule has 1 aliphatic rings. The van der Waals surface area contributed by atoms with Crippen LogP contribution < -0.4 is 0 Å². The number of benzene rings is 2. The molecule has 0 radical (unpaired) electrons. The molecule has 138 valence electrons. The average Bonchev–Trinajstić information content (AvgIpc) is 2.92. The number of phenols is 1. The number of carbonyl (C=O) groups is 2. The Hall–Kier alpha value is -3.06. The minimum atomic E-state index is -0.382. The predicted molar refractivity (Wildman–Crippen MR) is 106 cm³/mol. The maximum atomic E-state index is 12.5. The number of para-hydroxylation sites is 1. The van der Waals surface area contributed by atoms with Crippen LogP contribution in [-0.2, 0) is 9.53 Å². The van der Waals surface area contributed by atoms with Crippen LogP contribution >= 0.6 is 11.8 Å². The summed E-state index contributed by atoms with van der Waals surface area (Å²) in [5, 5.41) is 10.4. The van der Waals surface area contributed by atoms with Crippen molar-refractivity contribution in [3.63, 3.8) is 0 Å². The minimum absolute atomic E-state index is 0.112. The molecule has 0 unspecified atom stereocenters. The molecule has 0 spiro atoms. The van der Waals surface area contributed by atoms with Crippen molar-refractivity contribution in [3.05, 3.63) is 64.6 Å². The largest absolute Gasteiger partial charge is 0.507 e. The summed E-state index contributed by atoms with van der Waals surface area (Å²) in [6.45, 7) is 2.07. The Morgan fingerprint density at radius 3 is 2.59 bits per heavy atom. The van der Waals surface area contributed by atoms with Gasteiger partial charge < -0.3 is 9.84 Å². The molecular weight excluding hydrogens is 364 g/mol. The second-order valence-corrected chi connectivity index (χ2v) is 6.70. The standard InChI is InChI=1S/C20H18N2O4S/c1-3-26-19(25)13-8-10-15(11-9-13)21-20-22(2)18(24)17(27-20)12-14-6-4-5-7-16(14)23/h4-12,23H,3H2,1-2H3/b17-12-,21-20?. The lowest BCUT2D eigenvalue weighted by Gasteiger charge is -2.07. The Labute approximate surface area is 161 Å². The molecule has 27 heavy (non-hydrogen) atoms. The Balaban J connectivity index is 1.82. The first-order chi connectivity index (χ1) is 13.0. The number of carbonyl (C=O) groups excluding carboxylic acids is 2. The van der Waals surface area contributed by atoms with Crippen molar-refractivity contribution in [3.8, 4) is 5.75 Å². The van der Waals surface area contributed by atoms with E-state index in [0.29, 0.717) is 33.5 Å². The second-order valence-electron chi connectivity index (χ2n) is 5.70. The van der Waals surface area contributed by atoms with Crippen LogP contribution in [0.2, 0.25) is 0 Å². The molecule has 2 aromatic rings. The average molecular weight is 382 g/mol. The molecular formula is C20H18N2O4S. The molecule has 2 aromatic carbocycles. The zero-order valence-electron chi connectivity index (χ0n) is 14.9. The van der Waals surface area contributed by atoms with Gasteiger partial charge in [-0.05, 0) is 55.1 Å². The molecule has 0 bridgehead atoms. The molecule has 1 heterocycles. The first kappa shape index (κ1) is 18.7. The fourth-order valence-electron chi connectivity index (χ4n) is 2.40. The van der Waals surface area contributed by atoms with Gasteiger partial charge in [0.05, 0.1) is 22.8 Å². The lowest BCUT2D eigenvalue weighted by Crippen LogP contribution is -2.23. The SMILES string of the molecule is CCOC(=O)c1ccc(N=C2S/C(=C\c3ccccc3O)C(=O)N2C)cc1. The van der Waals surface area contributed by atoms with Gasteiger partial charge in [-0.2, -0.15) is 0 Å². The highest BCUT2D eigenvalue weighted by Crippen LogP contribution is 2.34. The molecule has 7 heteroatoms. The lowest BCUT2D eigenvalue weighted by atomic mass is 10.2. The Morgan fingerprint density at radius 1 is 1.22 bits per heavy atom. The van der Waals surface area contributed by atoms with Crippen molar-refractivity contribution in [2.24, 2.45) is 4.99 Å². The van der Waals surface area contributed by atoms with Crippen LogP contribution in [0, 0.1) is 0 Å². The van der Waals surface area contributed by atoms with Gasteiger partial charge in [0.2, 0.25) is 0 Å². The van der Waals surface area contributed by atoms with E-state index >= 15 is 0 Å². The van der Waals surface area contributed by atoms with Gasteiger partial charge in [0.25, 0.3) is 5.91 Å². The molecule has 1 fully saturated rings. The zero-order valence-corrected chi connectivity index (χ0v) is 15.7. The van der Waals surface area contributed by atoms with E-state index in [9.17, 15) is 14.7 Å². The van der Waals surface area contributed by atoms with Crippen molar-refractivity contribution < 1.29 is 19.4 Å².